The topological polar surface area (TPSA) is 55.2 Å². The minimum absolute atomic E-state index is 0.0399. The highest BCUT2D eigenvalue weighted by molar-refractivity contribution is 7.99. The van der Waals surface area contributed by atoms with Gasteiger partial charge in [-0.3, -0.25) is 10.1 Å². The van der Waals surface area contributed by atoms with Gasteiger partial charge in [-0.15, -0.1) is 0 Å². The van der Waals surface area contributed by atoms with Crippen molar-refractivity contribution in [3.05, 3.63) is 38.9 Å². The zero-order valence-corrected chi connectivity index (χ0v) is 12.2. The van der Waals surface area contributed by atoms with E-state index < -0.39 is 4.92 Å². The molecule has 1 aromatic rings. The van der Waals surface area contributed by atoms with Crippen LogP contribution in [0.15, 0.2) is 18.2 Å². The number of thioether (sulfide) groups is 1. The third-order valence-electron chi connectivity index (χ3n) is 3.34. The first kappa shape index (κ1) is 14.6. The van der Waals surface area contributed by atoms with E-state index in [0.717, 1.165) is 18.0 Å². The lowest BCUT2D eigenvalue weighted by atomic mass is 10.0. The number of halogens is 1. The van der Waals surface area contributed by atoms with E-state index in [9.17, 15) is 10.1 Å². The van der Waals surface area contributed by atoms with Crippen molar-refractivity contribution >= 4 is 29.1 Å². The maximum Gasteiger partial charge on any atom is 0.270 e. The molecule has 0 saturated carbocycles. The van der Waals surface area contributed by atoms with E-state index in [0.29, 0.717) is 11.6 Å². The molecule has 0 atom stereocenters. The van der Waals surface area contributed by atoms with Crippen LogP contribution in [0.2, 0.25) is 5.02 Å². The molecule has 1 N–H and O–H groups in total. The average Bonchev–Trinajstić information content (AvgIpc) is 2.41. The molecular formula is C13H17ClN2O2S. The molecule has 6 heteroatoms. The molecule has 4 nitrogen and oxygen atoms in total. The van der Waals surface area contributed by atoms with Crippen LogP contribution in [0.5, 0.6) is 0 Å². The first-order valence-electron chi connectivity index (χ1n) is 6.38. The number of nitrogens with zero attached hydrogens (tertiary/aromatic N) is 1. The molecule has 0 spiro atoms. The molecule has 0 radical (unpaired) electrons. The third kappa shape index (κ3) is 4.37. The predicted molar refractivity (Wildman–Crippen MR) is 79.9 cm³/mol. The predicted octanol–water partition coefficient (Wildman–Crippen LogP) is 3.48. The van der Waals surface area contributed by atoms with Gasteiger partial charge in [0.15, 0.2) is 0 Å². The number of hydrogen-bond donors (Lipinski definition) is 1. The fourth-order valence-corrected chi connectivity index (χ4v) is 3.60. The number of nitrogens with one attached hydrogen (secondary N) is 1. The molecule has 19 heavy (non-hydrogen) atoms. The number of nitro groups is 1. The first-order chi connectivity index (χ1) is 9.16. The molecule has 2 rings (SSSR count). The lowest BCUT2D eigenvalue weighted by Gasteiger charge is -2.21. The maximum atomic E-state index is 10.6. The molecule has 1 heterocycles. The Morgan fingerprint density at radius 3 is 2.79 bits per heavy atom. The second-order valence-electron chi connectivity index (χ2n) is 4.72. The lowest BCUT2D eigenvalue weighted by molar-refractivity contribution is -0.384. The number of hydrogen-bond acceptors (Lipinski definition) is 4. The molecule has 1 aliphatic rings. The van der Waals surface area contributed by atoms with Gasteiger partial charge in [0.2, 0.25) is 0 Å². The summed E-state index contributed by atoms with van der Waals surface area (Å²) in [6.45, 7) is 1.66. The van der Waals surface area contributed by atoms with Gasteiger partial charge in [-0.1, -0.05) is 11.6 Å². The van der Waals surface area contributed by atoms with Gasteiger partial charge in [-0.25, -0.2) is 0 Å². The second-order valence-corrected chi connectivity index (χ2v) is 6.35. The number of non-ortho nitro benzene ring substituents is 1. The molecule has 1 fully saturated rings. The van der Waals surface area contributed by atoms with Crippen LogP contribution in [0.4, 0.5) is 5.69 Å². The summed E-state index contributed by atoms with van der Waals surface area (Å²) in [4.78, 5) is 10.2. The fourth-order valence-electron chi connectivity index (χ4n) is 2.15. The Bertz CT molecular complexity index is 450. The van der Waals surface area contributed by atoms with Gasteiger partial charge in [-0.05, 0) is 48.4 Å². The maximum absolute atomic E-state index is 10.6. The van der Waals surface area contributed by atoms with Crippen molar-refractivity contribution in [2.45, 2.75) is 19.4 Å². The van der Waals surface area contributed by atoms with E-state index in [-0.39, 0.29) is 5.69 Å². The van der Waals surface area contributed by atoms with Crippen LogP contribution in [0.1, 0.15) is 18.4 Å². The van der Waals surface area contributed by atoms with Crippen molar-refractivity contribution < 1.29 is 4.92 Å². The van der Waals surface area contributed by atoms with Gasteiger partial charge in [-0.2, -0.15) is 11.8 Å². The highest BCUT2D eigenvalue weighted by Gasteiger charge is 2.14. The molecule has 104 valence electrons. The van der Waals surface area contributed by atoms with Crippen LogP contribution < -0.4 is 5.32 Å². The monoisotopic (exact) mass is 300 g/mol. The van der Waals surface area contributed by atoms with E-state index in [4.69, 9.17) is 11.6 Å². The molecule has 0 amide bonds. The van der Waals surface area contributed by atoms with E-state index in [1.807, 2.05) is 11.8 Å². The minimum Gasteiger partial charge on any atom is -0.312 e. The summed E-state index contributed by atoms with van der Waals surface area (Å²) in [5, 5.41) is 14.5. The SMILES string of the molecule is O=[N+]([O-])c1ccc(CNCC2CCSCC2)c(Cl)c1. The van der Waals surface area contributed by atoms with Crippen LogP contribution in [-0.4, -0.2) is 23.0 Å². The van der Waals surface area contributed by atoms with Crippen molar-refractivity contribution in [3.8, 4) is 0 Å². The summed E-state index contributed by atoms with van der Waals surface area (Å²) in [6, 6.07) is 4.64. The largest absolute Gasteiger partial charge is 0.312 e. The normalized spacial score (nSPS) is 16.5. The first-order valence-corrected chi connectivity index (χ1v) is 7.91. The van der Waals surface area contributed by atoms with Crippen LogP contribution in [0.25, 0.3) is 0 Å². The smallest absolute Gasteiger partial charge is 0.270 e. The molecule has 1 aliphatic heterocycles. The van der Waals surface area contributed by atoms with Crippen LogP contribution in [-0.2, 0) is 6.54 Å². The number of benzene rings is 1. The van der Waals surface area contributed by atoms with E-state index in [2.05, 4.69) is 5.32 Å². The summed E-state index contributed by atoms with van der Waals surface area (Å²) in [7, 11) is 0. The molecule has 1 aromatic carbocycles. The van der Waals surface area contributed by atoms with E-state index >= 15 is 0 Å². The summed E-state index contributed by atoms with van der Waals surface area (Å²) < 4.78 is 0. The van der Waals surface area contributed by atoms with Gasteiger partial charge in [0, 0.05) is 18.7 Å². The average molecular weight is 301 g/mol. The Kier molecular flexibility index (Phi) is 5.48. The molecule has 0 bridgehead atoms. The van der Waals surface area contributed by atoms with Gasteiger partial charge in [0.1, 0.15) is 0 Å². The Morgan fingerprint density at radius 2 is 2.16 bits per heavy atom. The highest BCUT2D eigenvalue weighted by atomic mass is 35.5. The standard InChI is InChI=1S/C13H17ClN2O2S/c14-13-7-12(16(17)18)2-1-11(13)9-15-8-10-3-5-19-6-4-10/h1-2,7,10,15H,3-6,8-9H2. The molecular weight excluding hydrogens is 284 g/mol. The second kappa shape index (κ2) is 7.12. The van der Waals surface area contributed by atoms with Crippen LogP contribution in [0.3, 0.4) is 0 Å². The minimum atomic E-state index is -0.428. The van der Waals surface area contributed by atoms with Gasteiger partial charge in [0.25, 0.3) is 5.69 Å². The summed E-state index contributed by atoms with van der Waals surface area (Å²) in [6.07, 6.45) is 2.54. The van der Waals surface area contributed by atoms with Crippen LogP contribution in [0, 0.1) is 16.0 Å². The van der Waals surface area contributed by atoms with E-state index in [1.165, 1.54) is 36.5 Å². The Labute approximate surface area is 122 Å². The van der Waals surface area contributed by atoms with Gasteiger partial charge >= 0.3 is 0 Å². The van der Waals surface area contributed by atoms with Crippen molar-refractivity contribution in [1.29, 1.82) is 0 Å². The van der Waals surface area contributed by atoms with E-state index in [1.54, 1.807) is 6.07 Å². The summed E-state index contributed by atoms with van der Waals surface area (Å²) in [5.41, 5.74) is 0.954. The Balaban J connectivity index is 1.83. The highest BCUT2D eigenvalue weighted by Crippen LogP contribution is 2.24. The molecule has 0 aliphatic carbocycles. The fraction of sp³-hybridized carbons (Fsp3) is 0.538. The van der Waals surface area contributed by atoms with Crippen LogP contribution >= 0.6 is 23.4 Å². The van der Waals surface area contributed by atoms with Crippen molar-refractivity contribution in [2.75, 3.05) is 18.1 Å². The Hall–Kier alpha value is -0.780. The summed E-state index contributed by atoms with van der Waals surface area (Å²) >= 11 is 8.07. The van der Waals surface area contributed by atoms with Gasteiger partial charge < -0.3 is 5.32 Å². The summed E-state index contributed by atoms with van der Waals surface area (Å²) in [5.74, 6) is 3.26. The van der Waals surface area contributed by atoms with Gasteiger partial charge in [0.05, 0.1) is 9.95 Å². The lowest BCUT2D eigenvalue weighted by Crippen LogP contribution is -2.25. The zero-order valence-electron chi connectivity index (χ0n) is 10.6. The van der Waals surface area contributed by atoms with Crippen molar-refractivity contribution in [1.82, 2.24) is 5.32 Å². The Morgan fingerprint density at radius 1 is 1.42 bits per heavy atom. The quantitative estimate of drug-likeness (QED) is 0.668. The number of rotatable bonds is 5. The van der Waals surface area contributed by atoms with Crippen molar-refractivity contribution in [3.63, 3.8) is 0 Å². The zero-order chi connectivity index (χ0) is 13.7. The van der Waals surface area contributed by atoms with Crippen molar-refractivity contribution in [2.24, 2.45) is 5.92 Å². The number of nitro benzene ring substituents is 1. The molecule has 0 unspecified atom stereocenters. The molecule has 1 saturated heterocycles. The third-order valence-corrected chi connectivity index (χ3v) is 4.74. The molecule has 0 aromatic heterocycles.